The quantitative estimate of drug-likeness (QED) is 0.827. The van der Waals surface area contributed by atoms with Crippen molar-refractivity contribution in [3.8, 4) is 0 Å². The third kappa shape index (κ3) is 4.32. The van der Waals surface area contributed by atoms with Crippen LogP contribution in [0.3, 0.4) is 0 Å². The molecule has 20 heavy (non-hydrogen) atoms. The van der Waals surface area contributed by atoms with Gasteiger partial charge in [0.2, 0.25) is 5.91 Å². The Morgan fingerprint density at radius 3 is 2.10 bits per heavy atom. The summed E-state index contributed by atoms with van der Waals surface area (Å²) < 4.78 is 0. The van der Waals surface area contributed by atoms with Crippen molar-refractivity contribution in [2.24, 2.45) is 5.73 Å². The highest BCUT2D eigenvalue weighted by atomic mass is 16.2. The van der Waals surface area contributed by atoms with Crippen LogP contribution >= 0.6 is 0 Å². The molecule has 0 saturated carbocycles. The van der Waals surface area contributed by atoms with Crippen LogP contribution in [0, 0.1) is 0 Å². The van der Waals surface area contributed by atoms with Crippen molar-refractivity contribution in [3.05, 3.63) is 35.4 Å². The first-order valence-electron chi connectivity index (χ1n) is 7.30. The predicted molar refractivity (Wildman–Crippen MR) is 83.2 cm³/mol. The van der Waals surface area contributed by atoms with E-state index in [1.807, 2.05) is 44.9 Å². The van der Waals surface area contributed by atoms with Gasteiger partial charge in [-0.3, -0.25) is 9.69 Å². The van der Waals surface area contributed by atoms with E-state index >= 15 is 0 Å². The molecule has 0 aliphatic carbocycles. The molecule has 1 aromatic rings. The second kappa shape index (κ2) is 8.02. The van der Waals surface area contributed by atoms with E-state index in [1.54, 1.807) is 0 Å². The Morgan fingerprint density at radius 2 is 1.65 bits per heavy atom. The van der Waals surface area contributed by atoms with E-state index in [2.05, 4.69) is 17.0 Å². The van der Waals surface area contributed by atoms with Crippen molar-refractivity contribution in [3.63, 3.8) is 0 Å². The van der Waals surface area contributed by atoms with Crippen LogP contribution in [-0.4, -0.2) is 41.9 Å². The SMILES string of the molecule is CCN(CC)C(=O)C(C)N(C)Cc1ccc(CN)cc1. The number of likely N-dealkylation sites (N-methyl/N-ethyl adjacent to an activating group) is 2. The first kappa shape index (κ1) is 16.7. The molecule has 0 heterocycles. The van der Waals surface area contributed by atoms with Crippen molar-refractivity contribution in [2.45, 2.75) is 39.9 Å². The van der Waals surface area contributed by atoms with Gasteiger partial charge in [-0.1, -0.05) is 24.3 Å². The number of amides is 1. The van der Waals surface area contributed by atoms with E-state index in [0.717, 1.165) is 25.2 Å². The number of carbonyl (C=O) groups excluding carboxylic acids is 1. The summed E-state index contributed by atoms with van der Waals surface area (Å²) in [5, 5.41) is 0. The molecule has 0 fully saturated rings. The van der Waals surface area contributed by atoms with Gasteiger partial charge in [-0.25, -0.2) is 0 Å². The second-order valence-electron chi connectivity index (χ2n) is 5.12. The average molecular weight is 277 g/mol. The Kier molecular flexibility index (Phi) is 6.68. The molecule has 0 saturated heterocycles. The van der Waals surface area contributed by atoms with Gasteiger partial charge in [-0.05, 0) is 38.9 Å². The molecular weight excluding hydrogens is 250 g/mol. The molecule has 1 rings (SSSR count). The summed E-state index contributed by atoms with van der Waals surface area (Å²) in [7, 11) is 1.99. The highest BCUT2D eigenvalue weighted by molar-refractivity contribution is 5.81. The topological polar surface area (TPSA) is 49.6 Å². The normalized spacial score (nSPS) is 12.5. The monoisotopic (exact) mass is 277 g/mol. The van der Waals surface area contributed by atoms with Crippen LogP contribution in [0.5, 0.6) is 0 Å². The molecule has 1 aromatic carbocycles. The van der Waals surface area contributed by atoms with Gasteiger partial charge in [0.15, 0.2) is 0 Å². The lowest BCUT2D eigenvalue weighted by Gasteiger charge is -2.29. The summed E-state index contributed by atoms with van der Waals surface area (Å²) in [6.07, 6.45) is 0. The van der Waals surface area contributed by atoms with Gasteiger partial charge >= 0.3 is 0 Å². The van der Waals surface area contributed by atoms with Gasteiger partial charge in [0.25, 0.3) is 0 Å². The van der Waals surface area contributed by atoms with Crippen molar-refractivity contribution in [1.82, 2.24) is 9.80 Å². The lowest BCUT2D eigenvalue weighted by molar-refractivity contribution is -0.135. The van der Waals surface area contributed by atoms with E-state index in [9.17, 15) is 4.79 Å². The highest BCUT2D eigenvalue weighted by Gasteiger charge is 2.21. The van der Waals surface area contributed by atoms with Gasteiger partial charge in [0.05, 0.1) is 6.04 Å². The van der Waals surface area contributed by atoms with E-state index in [0.29, 0.717) is 6.54 Å². The van der Waals surface area contributed by atoms with Crippen molar-refractivity contribution < 1.29 is 4.79 Å². The van der Waals surface area contributed by atoms with Crippen LogP contribution in [0.1, 0.15) is 31.9 Å². The molecule has 0 spiro atoms. The third-order valence-electron chi connectivity index (χ3n) is 3.78. The maximum Gasteiger partial charge on any atom is 0.239 e. The van der Waals surface area contributed by atoms with E-state index < -0.39 is 0 Å². The zero-order valence-electron chi connectivity index (χ0n) is 13.1. The summed E-state index contributed by atoms with van der Waals surface area (Å²) in [5.41, 5.74) is 7.92. The molecule has 112 valence electrons. The fraction of sp³-hybridized carbons (Fsp3) is 0.562. The van der Waals surface area contributed by atoms with Crippen LogP contribution in [0.15, 0.2) is 24.3 Å². The summed E-state index contributed by atoms with van der Waals surface area (Å²) in [4.78, 5) is 16.3. The number of benzene rings is 1. The Morgan fingerprint density at radius 1 is 1.15 bits per heavy atom. The standard InChI is InChI=1S/C16H27N3O/c1-5-19(6-2)16(20)13(3)18(4)12-15-9-7-14(11-17)8-10-15/h7-10,13H,5-6,11-12,17H2,1-4H3. The van der Waals surface area contributed by atoms with Crippen LogP contribution in [0.25, 0.3) is 0 Å². The fourth-order valence-electron chi connectivity index (χ4n) is 2.19. The van der Waals surface area contributed by atoms with Crippen molar-refractivity contribution >= 4 is 5.91 Å². The largest absolute Gasteiger partial charge is 0.342 e. The minimum atomic E-state index is -0.107. The van der Waals surface area contributed by atoms with Crippen molar-refractivity contribution in [2.75, 3.05) is 20.1 Å². The number of hydrogen-bond donors (Lipinski definition) is 1. The minimum absolute atomic E-state index is 0.107. The van der Waals surface area contributed by atoms with Crippen LogP contribution in [0.2, 0.25) is 0 Å². The highest BCUT2D eigenvalue weighted by Crippen LogP contribution is 2.10. The zero-order valence-corrected chi connectivity index (χ0v) is 13.1. The molecule has 4 heteroatoms. The number of rotatable bonds is 7. The lowest BCUT2D eigenvalue weighted by Crippen LogP contribution is -2.45. The number of hydrogen-bond acceptors (Lipinski definition) is 3. The maximum atomic E-state index is 12.3. The molecule has 1 unspecified atom stereocenters. The van der Waals surface area contributed by atoms with Gasteiger partial charge in [-0.2, -0.15) is 0 Å². The predicted octanol–water partition coefficient (Wildman–Crippen LogP) is 1.83. The zero-order chi connectivity index (χ0) is 15.1. The van der Waals surface area contributed by atoms with Gasteiger partial charge in [-0.15, -0.1) is 0 Å². The maximum absolute atomic E-state index is 12.3. The number of nitrogens with zero attached hydrogens (tertiary/aromatic N) is 2. The third-order valence-corrected chi connectivity index (χ3v) is 3.78. The molecule has 0 aliphatic rings. The van der Waals surface area contributed by atoms with E-state index in [4.69, 9.17) is 5.73 Å². The van der Waals surface area contributed by atoms with E-state index in [-0.39, 0.29) is 11.9 Å². The summed E-state index contributed by atoms with van der Waals surface area (Å²) in [5.74, 6) is 0.191. The summed E-state index contributed by atoms with van der Waals surface area (Å²) >= 11 is 0. The average Bonchev–Trinajstić information content (AvgIpc) is 2.48. The Balaban J connectivity index is 2.64. The fourth-order valence-corrected chi connectivity index (χ4v) is 2.19. The minimum Gasteiger partial charge on any atom is -0.342 e. The Labute approximate surface area is 122 Å². The molecule has 0 aliphatic heterocycles. The Hall–Kier alpha value is -1.39. The molecule has 2 N–H and O–H groups in total. The lowest BCUT2D eigenvalue weighted by atomic mass is 10.1. The first-order valence-corrected chi connectivity index (χ1v) is 7.30. The molecule has 0 radical (unpaired) electrons. The van der Waals surface area contributed by atoms with Gasteiger partial charge in [0.1, 0.15) is 0 Å². The Bertz CT molecular complexity index is 412. The molecule has 1 atom stereocenters. The second-order valence-corrected chi connectivity index (χ2v) is 5.12. The van der Waals surface area contributed by atoms with Gasteiger partial charge in [0, 0.05) is 26.2 Å². The van der Waals surface area contributed by atoms with Crippen LogP contribution in [-0.2, 0) is 17.9 Å². The van der Waals surface area contributed by atoms with E-state index in [1.165, 1.54) is 5.56 Å². The number of carbonyl (C=O) groups is 1. The molecule has 1 amide bonds. The summed E-state index contributed by atoms with van der Waals surface area (Å²) in [6.45, 7) is 8.84. The summed E-state index contributed by atoms with van der Waals surface area (Å²) in [6, 6.07) is 8.13. The van der Waals surface area contributed by atoms with Gasteiger partial charge < -0.3 is 10.6 Å². The van der Waals surface area contributed by atoms with Crippen LogP contribution < -0.4 is 5.73 Å². The first-order chi connectivity index (χ1) is 9.53. The van der Waals surface area contributed by atoms with Crippen LogP contribution in [0.4, 0.5) is 0 Å². The molecule has 4 nitrogen and oxygen atoms in total. The number of nitrogens with two attached hydrogens (primary N) is 1. The smallest absolute Gasteiger partial charge is 0.239 e. The molecule has 0 bridgehead atoms. The molecular formula is C16H27N3O. The van der Waals surface area contributed by atoms with Crippen molar-refractivity contribution in [1.29, 1.82) is 0 Å². The molecule has 0 aromatic heterocycles.